The number of likely N-dealkylation sites (N-methyl/N-ethyl adjacent to an activating group) is 1. The lowest BCUT2D eigenvalue weighted by atomic mass is 10.0. The fourth-order valence-corrected chi connectivity index (χ4v) is 5.69. The zero-order chi connectivity index (χ0) is 26.5. The quantitative estimate of drug-likeness (QED) is 0.210. The number of hydrogen-bond acceptors (Lipinski definition) is 6. The summed E-state index contributed by atoms with van der Waals surface area (Å²) in [6, 6.07) is 7.30. The van der Waals surface area contributed by atoms with Gasteiger partial charge in [-0.1, -0.05) is 20.3 Å². The maximum atomic E-state index is 11.9. The fourth-order valence-electron chi connectivity index (χ4n) is 4.14. The van der Waals surface area contributed by atoms with Crippen molar-refractivity contribution in [3.63, 3.8) is 0 Å². The molecule has 10 nitrogen and oxygen atoms in total. The van der Waals surface area contributed by atoms with Gasteiger partial charge in [0.15, 0.2) is 0 Å². The van der Waals surface area contributed by atoms with Crippen LogP contribution in [0.4, 0.5) is 10.5 Å². The van der Waals surface area contributed by atoms with E-state index in [9.17, 15) is 19.2 Å². The monoisotopic (exact) mass is 521 g/mol. The predicted octanol–water partition coefficient (Wildman–Crippen LogP) is 2.51. The van der Waals surface area contributed by atoms with Gasteiger partial charge < -0.3 is 31.3 Å². The minimum Gasteiger partial charge on any atom is -0.481 e. The highest BCUT2D eigenvalue weighted by Gasteiger charge is 2.42. The first-order chi connectivity index (χ1) is 17.2. The van der Waals surface area contributed by atoms with Crippen LogP contribution in [0.25, 0.3) is 0 Å². The second kappa shape index (κ2) is 15.4. The molecule has 2 heterocycles. The number of carboxylic acid groups (broad SMARTS) is 1. The lowest BCUT2D eigenvalue weighted by Crippen LogP contribution is -2.36. The first-order valence-electron chi connectivity index (χ1n) is 12.5. The van der Waals surface area contributed by atoms with Crippen molar-refractivity contribution < 1.29 is 24.3 Å². The number of hydrogen-bond donors (Lipinski definition) is 5. The number of thioether (sulfide) groups is 1. The van der Waals surface area contributed by atoms with Crippen LogP contribution in [0.15, 0.2) is 24.3 Å². The fraction of sp³-hybridized carbons (Fsp3) is 0.600. The van der Waals surface area contributed by atoms with E-state index >= 15 is 0 Å². The molecule has 2 fully saturated rings. The van der Waals surface area contributed by atoms with Crippen molar-refractivity contribution in [1.82, 2.24) is 20.9 Å². The number of urea groups is 1. The normalized spacial score (nSPS) is 20.0. The molecule has 4 amide bonds. The first-order valence-corrected chi connectivity index (χ1v) is 13.6. The summed E-state index contributed by atoms with van der Waals surface area (Å²) in [5.41, 5.74) is 1.29. The SMILES string of the molecule is CCN(CC)CCNC(=O)c1ccc(NC(C)=O)cc1.O=C(O)CCCC[C@@H]1SC[C@@H]2NC(=O)N[C@@H]21. The van der Waals surface area contributed by atoms with Crippen LogP contribution in [0.1, 0.15) is 56.8 Å². The number of nitrogens with one attached hydrogen (secondary N) is 4. The number of benzene rings is 1. The maximum Gasteiger partial charge on any atom is 0.315 e. The average molecular weight is 522 g/mol. The van der Waals surface area contributed by atoms with Crippen molar-refractivity contribution >= 4 is 41.3 Å². The molecule has 0 aliphatic carbocycles. The molecule has 5 N–H and O–H groups in total. The van der Waals surface area contributed by atoms with E-state index in [1.54, 1.807) is 24.3 Å². The Morgan fingerprint density at radius 1 is 1.11 bits per heavy atom. The van der Waals surface area contributed by atoms with Crippen LogP contribution in [-0.4, -0.2) is 83.1 Å². The molecule has 0 saturated carbocycles. The summed E-state index contributed by atoms with van der Waals surface area (Å²) in [5.74, 6) is 0.0215. The van der Waals surface area contributed by atoms with Crippen LogP contribution >= 0.6 is 11.8 Å². The van der Waals surface area contributed by atoms with Gasteiger partial charge in [0, 0.05) is 48.7 Å². The standard InChI is InChI=1S/C15H23N3O2.C10H16N2O3S/c1-4-18(5-2)11-10-16-15(20)13-6-8-14(9-7-13)17-12(3)19;13-8(14)4-2-1-3-7-9-6(5-16-7)11-10(15)12-9/h6-9H,4-5,10-11H2,1-3H3,(H,16,20)(H,17,19);6-7,9H,1-5H2,(H,13,14)(H2,11,12,15)/t;6-,7-,9-/m.0/s1. The van der Waals surface area contributed by atoms with Crippen molar-refractivity contribution in [3.8, 4) is 0 Å². The molecular weight excluding hydrogens is 482 g/mol. The molecule has 2 saturated heterocycles. The number of carboxylic acids is 1. The summed E-state index contributed by atoms with van der Waals surface area (Å²) in [6.07, 6.45) is 2.88. The summed E-state index contributed by atoms with van der Waals surface area (Å²) in [5, 5.41) is 20.3. The van der Waals surface area contributed by atoms with Crippen LogP contribution in [0.2, 0.25) is 0 Å². The highest BCUT2D eigenvalue weighted by Crippen LogP contribution is 2.33. The largest absolute Gasteiger partial charge is 0.481 e. The Bertz CT molecular complexity index is 878. The van der Waals surface area contributed by atoms with E-state index in [0.717, 1.165) is 44.6 Å². The number of aliphatic carboxylic acids is 1. The summed E-state index contributed by atoms with van der Waals surface area (Å²) in [4.78, 5) is 46.5. The molecule has 0 unspecified atom stereocenters. The Morgan fingerprint density at radius 3 is 2.42 bits per heavy atom. The molecule has 1 aromatic rings. The number of amides is 4. The molecule has 200 valence electrons. The van der Waals surface area contributed by atoms with Gasteiger partial charge in [0.05, 0.1) is 12.1 Å². The van der Waals surface area contributed by atoms with E-state index in [4.69, 9.17) is 5.11 Å². The third-order valence-corrected chi connectivity index (χ3v) is 7.65. The van der Waals surface area contributed by atoms with Gasteiger partial charge in [0.25, 0.3) is 5.91 Å². The number of unbranched alkanes of at least 4 members (excludes halogenated alkanes) is 1. The third-order valence-electron chi connectivity index (χ3n) is 6.14. The van der Waals surface area contributed by atoms with Crippen LogP contribution in [0.5, 0.6) is 0 Å². The Balaban J connectivity index is 0.000000259. The number of rotatable bonds is 12. The van der Waals surface area contributed by atoms with E-state index < -0.39 is 5.97 Å². The van der Waals surface area contributed by atoms with E-state index in [1.807, 2.05) is 11.8 Å². The van der Waals surface area contributed by atoms with Crippen molar-refractivity contribution in [2.24, 2.45) is 0 Å². The molecule has 2 aliphatic rings. The number of fused-ring (bicyclic) bond motifs is 1. The summed E-state index contributed by atoms with van der Waals surface area (Å²) in [7, 11) is 0. The lowest BCUT2D eigenvalue weighted by Gasteiger charge is -2.17. The third kappa shape index (κ3) is 10.1. The number of carbonyl (C=O) groups excluding carboxylic acids is 3. The van der Waals surface area contributed by atoms with Gasteiger partial charge in [-0.3, -0.25) is 14.4 Å². The highest BCUT2D eigenvalue weighted by molar-refractivity contribution is 8.00. The smallest absolute Gasteiger partial charge is 0.315 e. The minimum atomic E-state index is -0.729. The molecular formula is C25H39N5O5S. The summed E-state index contributed by atoms with van der Waals surface area (Å²) < 4.78 is 0. The Morgan fingerprint density at radius 2 is 1.81 bits per heavy atom. The van der Waals surface area contributed by atoms with Crippen LogP contribution in [-0.2, 0) is 9.59 Å². The summed E-state index contributed by atoms with van der Waals surface area (Å²) >= 11 is 1.87. The van der Waals surface area contributed by atoms with Gasteiger partial charge in [-0.05, 0) is 50.2 Å². The predicted molar refractivity (Wildman–Crippen MR) is 142 cm³/mol. The van der Waals surface area contributed by atoms with E-state index in [-0.39, 0.29) is 36.3 Å². The molecule has 3 atom stereocenters. The Labute approximate surface area is 217 Å². The van der Waals surface area contributed by atoms with Crippen molar-refractivity contribution in [1.29, 1.82) is 0 Å². The number of anilines is 1. The number of nitrogens with zero attached hydrogens (tertiary/aromatic N) is 1. The van der Waals surface area contributed by atoms with Crippen molar-refractivity contribution in [2.45, 2.75) is 63.8 Å². The van der Waals surface area contributed by atoms with E-state index in [2.05, 4.69) is 40.0 Å². The Hall–Kier alpha value is -2.79. The van der Waals surface area contributed by atoms with Crippen molar-refractivity contribution in [3.05, 3.63) is 29.8 Å². The highest BCUT2D eigenvalue weighted by atomic mass is 32.2. The Kier molecular flexibility index (Phi) is 12.6. The summed E-state index contributed by atoms with van der Waals surface area (Å²) in [6.45, 7) is 9.11. The molecule has 0 aromatic heterocycles. The first kappa shape index (κ1) is 29.4. The zero-order valence-electron chi connectivity index (χ0n) is 21.3. The van der Waals surface area contributed by atoms with E-state index in [0.29, 0.717) is 23.0 Å². The lowest BCUT2D eigenvalue weighted by molar-refractivity contribution is -0.137. The maximum absolute atomic E-state index is 11.9. The molecule has 1 aromatic carbocycles. The van der Waals surface area contributed by atoms with E-state index in [1.165, 1.54) is 6.92 Å². The molecule has 11 heteroatoms. The zero-order valence-corrected chi connectivity index (χ0v) is 22.2. The van der Waals surface area contributed by atoms with Crippen LogP contribution in [0, 0.1) is 0 Å². The number of carbonyl (C=O) groups is 4. The van der Waals surface area contributed by atoms with Gasteiger partial charge >= 0.3 is 12.0 Å². The minimum absolute atomic E-state index is 0.0640. The van der Waals surface area contributed by atoms with Gasteiger partial charge in [0.2, 0.25) is 5.91 Å². The second-order valence-electron chi connectivity index (χ2n) is 8.80. The molecule has 0 spiro atoms. The average Bonchev–Trinajstić information content (AvgIpc) is 3.39. The molecule has 0 radical (unpaired) electrons. The molecule has 36 heavy (non-hydrogen) atoms. The van der Waals surface area contributed by atoms with Gasteiger partial charge in [-0.25, -0.2) is 4.79 Å². The van der Waals surface area contributed by atoms with Crippen LogP contribution in [0.3, 0.4) is 0 Å². The topological polar surface area (TPSA) is 140 Å². The molecule has 2 aliphatic heterocycles. The van der Waals surface area contributed by atoms with Crippen molar-refractivity contribution in [2.75, 3.05) is 37.2 Å². The molecule has 0 bridgehead atoms. The van der Waals surface area contributed by atoms with Gasteiger partial charge in [-0.2, -0.15) is 11.8 Å². The van der Waals surface area contributed by atoms with Gasteiger partial charge in [0.1, 0.15) is 0 Å². The van der Waals surface area contributed by atoms with Gasteiger partial charge in [-0.15, -0.1) is 0 Å². The second-order valence-corrected chi connectivity index (χ2v) is 10.1. The molecule has 3 rings (SSSR count). The van der Waals surface area contributed by atoms with Crippen LogP contribution < -0.4 is 21.3 Å².